The van der Waals surface area contributed by atoms with E-state index in [9.17, 15) is 8.78 Å². The molecule has 2 rings (SSSR count). The highest BCUT2D eigenvalue weighted by Gasteiger charge is 2.47. The van der Waals surface area contributed by atoms with Crippen molar-refractivity contribution in [1.82, 2.24) is 5.32 Å². The van der Waals surface area contributed by atoms with Crippen LogP contribution in [0, 0.1) is 5.92 Å². The minimum Gasteiger partial charge on any atom is -0.311 e. The molecule has 1 aliphatic carbocycles. The number of nitrogens with one attached hydrogen (secondary N) is 1. The van der Waals surface area contributed by atoms with E-state index in [4.69, 9.17) is 0 Å². The van der Waals surface area contributed by atoms with Gasteiger partial charge in [-0.05, 0) is 25.7 Å². The van der Waals surface area contributed by atoms with Crippen LogP contribution in [0.15, 0.2) is 0 Å². The van der Waals surface area contributed by atoms with E-state index in [1.165, 1.54) is 12.8 Å². The van der Waals surface area contributed by atoms with Crippen LogP contribution in [0.25, 0.3) is 0 Å². The zero-order valence-electron chi connectivity index (χ0n) is 8.78. The molecular formula is C11H19F2N. The molecule has 0 radical (unpaired) electrons. The van der Waals surface area contributed by atoms with Gasteiger partial charge in [-0.15, -0.1) is 0 Å². The van der Waals surface area contributed by atoms with Crippen molar-refractivity contribution >= 4 is 0 Å². The fourth-order valence-electron chi connectivity index (χ4n) is 3.07. The fourth-order valence-corrected chi connectivity index (χ4v) is 3.07. The van der Waals surface area contributed by atoms with Gasteiger partial charge >= 0.3 is 0 Å². The zero-order chi connectivity index (χ0) is 10.2. The Labute approximate surface area is 84.3 Å². The Morgan fingerprint density at radius 2 is 1.86 bits per heavy atom. The third-order valence-corrected chi connectivity index (χ3v) is 3.90. The molecule has 0 bridgehead atoms. The molecule has 0 aromatic rings. The molecule has 1 unspecified atom stereocenters. The molecule has 0 aromatic carbocycles. The molecule has 2 fully saturated rings. The van der Waals surface area contributed by atoms with Gasteiger partial charge in [0.05, 0.1) is 0 Å². The van der Waals surface area contributed by atoms with Crippen molar-refractivity contribution in [2.45, 2.75) is 56.9 Å². The summed E-state index contributed by atoms with van der Waals surface area (Å²) in [7, 11) is 0. The van der Waals surface area contributed by atoms with Gasteiger partial charge in [-0.25, -0.2) is 8.78 Å². The molecule has 1 saturated heterocycles. The smallest absolute Gasteiger partial charge is 0.251 e. The molecule has 0 aromatic heterocycles. The summed E-state index contributed by atoms with van der Waals surface area (Å²) >= 11 is 0. The molecule has 82 valence electrons. The Morgan fingerprint density at radius 1 is 1.21 bits per heavy atom. The second-order valence-electron chi connectivity index (χ2n) is 5.11. The van der Waals surface area contributed by atoms with Crippen molar-refractivity contribution in [2.75, 3.05) is 6.54 Å². The number of halogens is 2. The molecule has 1 saturated carbocycles. The first kappa shape index (κ1) is 10.3. The highest BCUT2D eigenvalue weighted by atomic mass is 19.3. The summed E-state index contributed by atoms with van der Waals surface area (Å²) in [5, 5.41) is 3.31. The van der Waals surface area contributed by atoms with Crippen LogP contribution in [0.1, 0.15) is 45.4 Å². The summed E-state index contributed by atoms with van der Waals surface area (Å²) < 4.78 is 26.6. The maximum Gasteiger partial charge on any atom is 0.251 e. The van der Waals surface area contributed by atoms with Crippen molar-refractivity contribution in [2.24, 2.45) is 5.92 Å². The van der Waals surface area contributed by atoms with E-state index >= 15 is 0 Å². The Kier molecular flexibility index (Phi) is 2.54. The summed E-state index contributed by atoms with van der Waals surface area (Å²) in [6.07, 6.45) is 4.72. The van der Waals surface area contributed by atoms with E-state index in [0.717, 1.165) is 12.8 Å². The third kappa shape index (κ3) is 1.92. The van der Waals surface area contributed by atoms with Crippen molar-refractivity contribution < 1.29 is 8.78 Å². The predicted molar refractivity (Wildman–Crippen MR) is 52.5 cm³/mol. The second-order valence-corrected chi connectivity index (χ2v) is 5.11. The van der Waals surface area contributed by atoms with Crippen LogP contribution in [-0.2, 0) is 0 Å². The molecule has 14 heavy (non-hydrogen) atoms. The van der Waals surface area contributed by atoms with E-state index in [2.05, 4.69) is 5.32 Å². The first-order valence-corrected chi connectivity index (χ1v) is 5.65. The molecule has 1 atom stereocenters. The monoisotopic (exact) mass is 203 g/mol. The first-order chi connectivity index (χ1) is 6.52. The average Bonchev–Trinajstić information content (AvgIpc) is 2.52. The van der Waals surface area contributed by atoms with Crippen LogP contribution in [0.2, 0.25) is 0 Å². The zero-order valence-corrected chi connectivity index (χ0v) is 8.78. The summed E-state index contributed by atoms with van der Waals surface area (Å²) in [5.74, 6) is -1.98. The molecule has 1 nitrogen and oxygen atoms in total. The van der Waals surface area contributed by atoms with Crippen LogP contribution in [0.4, 0.5) is 8.78 Å². The highest BCUT2D eigenvalue weighted by molar-refractivity contribution is 4.99. The van der Waals surface area contributed by atoms with Crippen LogP contribution >= 0.6 is 0 Å². The SMILES string of the molecule is CC1(C2CCCC2)CC(F)(F)CCN1. The molecule has 1 heterocycles. The molecule has 2 aliphatic rings. The van der Waals surface area contributed by atoms with Crippen LogP contribution in [-0.4, -0.2) is 18.0 Å². The average molecular weight is 203 g/mol. The number of rotatable bonds is 1. The van der Waals surface area contributed by atoms with Crippen molar-refractivity contribution in [3.63, 3.8) is 0 Å². The lowest BCUT2D eigenvalue weighted by molar-refractivity contribution is -0.0713. The summed E-state index contributed by atoms with van der Waals surface area (Å²) in [6, 6.07) is 0. The summed E-state index contributed by atoms with van der Waals surface area (Å²) in [5.41, 5.74) is -0.307. The molecule has 0 spiro atoms. The quantitative estimate of drug-likeness (QED) is 0.691. The van der Waals surface area contributed by atoms with E-state index in [0.29, 0.717) is 12.5 Å². The Hall–Kier alpha value is -0.180. The minimum atomic E-state index is -2.44. The number of alkyl halides is 2. The van der Waals surface area contributed by atoms with E-state index < -0.39 is 5.92 Å². The standard InChI is InChI=1S/C11H19F2N/c1-10(9-4-2-3-5-9)8-11(12,13)6-7-14-10/h9,14H,2-8H2,1H3. The van der Waals surface area contributed by atoms with Gasteiger partial charge in [0.15, 0.2) is 0 Å². The molecule has 1 N–H and O–H groups in total. The van der Waals surface area contributed by atoms with Crippen molar-refractivity contribution in [3.05, 3.63) is 0 Å². The van der Waals surface area contributed by atoms with Gasteiger partial charge in [0.25, 0.3) is 5.92 Å². The van der Waals surface area contributed by atoms with Gasteiger partial charge in [0, 0.05) is 24.9 Å². The van der Waals surface area contributed by atoms with E-state index in [1.54, 1.807) is 0 Å². The summed E-state index contributed by atoms with van der Waals surface area (Å²) in [6.45, 7) is 2.45. The highest BCUT2D eigenvalue weighted by Crippen LogP contribution is 2.42. The molecule has 3 heteroatoms. The van der Waals surface area contributed by atoms with Gasteiger partial charge in [0.1, 0.15) is 0 Å². The number of hydrogen-bond donors (Lipinski definition) is 1. The van der Waals surface area contributed by atoms with Crippen molar-refractivity contribution in [1.29, 1.82) is 0 Å². The number of hydrogen-bond acceptors (Lipinski definition) is 1. The largest absolute Gasteiger partial charge is 0.311 e. The van der Waals surface area contributed by atoms with Crippen LogP contribution in [0.3, 0.4) is 0 Å². The molecular weight excluding hydrogens is 184 g/mol. The fraction of sp³-hybridized carbons (Fsp3) is 1.00. The first-order valence-electron chi connectivity index (χ1n) is 5.65. The summed E-state index contributed by atoms with van der Waals surface area (Å²) in [4.78, 5) is 0. The van der Waals surface area contributed by atoms with Crippen LogP contribution < -0.4 is 5.32 Å². The normalized spacial score (nSPS) is 38.8. The van der Waals surface area contributed by atoms with Crippen molar-refractivity contribution in [3.8, 4) is 0 Å². The Balaban J connectivity index is 2.06. The minimum absolute atomic E-state index is 0.00924. The lowest BCUT2D eigenvalue weighted by Crippen LogP contribution is -2.56. The van der Waals surface area contributed by atoms with Gasteiger partial charge < -0.3 is 5.32 Å². The van der Waals surface area contributed by atoms with Gasteiger partial charge in [0.2, 0.25) is 0 Å². The van der Waals surface area contributed by atoms with Crippen LogP contribution in [0.5, 0.6) is 0 Å². The second kappa shape index (κ2) is 3.44. The molecule has 0 amide bonds. The van der Waals surface area contributed by atoms with Gasteiger partial charge in [-0.1, -0.05) is 12.8 Å². The van der Waals surface area contributed by atoms with E-state index in [1.807, 2.05) is 6.92 Å². The maximum atomic E-state index is 13.3. The Morgan fingerprint density at radius 3 is 2.43 bits per heavy atom. The number of piperidine rings is 1. The topological polar surface area (TPSA) is 12.0 Å². The lowest BCUT2D eigenvalue weighted by atomic mass is 9.77. The van der Waals surface area contributed by atoms with Gasteiger partial charge in [-0.2, -0.15) is 0 Å². The maximum absolute atomic E-state index is 13.3. The van der Waals surface area contributed by atoms with Gasteiger partial charge in [-0.3, -0.25) is 0 Å². The van der Waals surface area contributed by atoms with E-state index in [-0.39, 0.29) is 18.4 Å². The Bertz CT molecular complexity index is 211. The molecule has 1 aliphatic heterocycles. The third-order valence-electron chi connectivity index (χ3n) is 3.90. The lowest BCUT2D eigenvalue weighted by Gasteiger charge is -2.43. The predicted octanol–water partition coefficient (Wildman–Crippen LogP) is 2.95.